The molecule has 0 saturated carbocycles. The van der Waals surface area contributed by atoms with Gasteiger partial charge >= 0.3 is 17.8 Å². The zero-order valence-electron chi connectivity index (χ0n) is 19.8. The van der Waals surface area contributed by atoms with Crippen molar-refractivity contribution in [3.8, 4) is 11.8 Å². The van der Waals surface area contributed by atoms with E-state index in [1.807, 2.05) is 0 Å². The molecule has 1 saturated heterocycles. The number of hydrogen-bond acceptors (Lipinski definition) is 7. The molecule has 1 aliphatic rings. The molecule has 3 aromatic rings. The first-order valence-corrected chi connectivity index (χ1v) is 11.5. The number of nitrogens with one attached hydrogen (secondary N) is 1. The second kappa shape index (κ2) is 10.3. The lowest BCUT2D eigenvalue weighted by atomic mass is 10.2. The molecule has 1 atom stereocenters. The molecule has 10 nitrogen and oxygen atoms in total. The van der Waals surface area contributed by atoms with Crippen molar-refractivity contribution in [1.29, 1.82) is 0 Å². The smallest absolute Gasteiger partial charge is 0.438 e. The molecule has 0 spiro atoms. The number of fused-ring (bicyclic) bond motifs is 1. The zero-order chi connectivity index (χ0) is 26.9. The topological polar surface area (TPSA) is 103 Å². The van der Waals surface area contributed by atoms with Crippen LogP contribution in [-0.4, -0.2) is 56.7 Å². The predicted molar refractivity (Wildman–Crippen MR) is 129 cm³/mol. The minimum Gasteiger partial charge on any atom is -0.438 e. The van der Waals surface area contributed by atoms with Crippen molar-refractivity contribution < 1.29 is 22.7 Å². The normalized spacial score (nSPS) is 15.9. The van der Waals surface area contributed by atoms with Crippen LogP contribution in [0.2, 0.25) is 5.02 Å². The molecule has 0 bridgehead atoms. The Morgan fingerprint density at radius 3 is 2.59 bits per heavy atom. The van der Waals surface area contributed by atoms with Crippen LogP contribution in [0.4, 0.5) is 19.1 Å². The number of piperazine rings is 1. The second-order valence-electron chi connectivity index (χ2n) is 8.25. The van der Waals surface area contributed by atoms with Gasteiger partial charge in [-0.05, 0) is 24.6 Å². The highest BCUT2D eigenvalue weighted by Crippen LogP contribution is 2.23. The molecule has 1 N–H and O–H groups in total. The Morgan fingerprint density at radius 2 is 1.95 bits per heavy atom. The molecule has 0 amide bonds. The summed E-state index contributed by atoms with van der Waals surface area (Å²) in [5.74, 6) is 3.50. The molecule has 1 fully saturated rings. The highest BCUT2D eigenvalue weighted by molar-refractivity contribution is 6.30. The van der Waals surface area contributed by atoms with Crippen LogP contribution >= 0.6 is 11.6 Å². The van der Waals surface area contributed by atoms with E-state index in [2.05, 4.69) is 26.9 Å². The van der Waals surface area contributed by atoms with Gasteiger partial charge in [-0.25, -0.2) is 9.59 Å². The molecule has 0 aliphatic carbocycles. The molecule has 0 radical (unpaired) electrons. The summed E-state index contributed by atoms with van der Waals surface area (Å²) in [7, 11) is 1.35. The van der Waals surface area contributed by atoms with Crippen LogP contribution < -0.4 is 21.5 Å². The van der Waals surface area contributed by atoms with E-state index in [9.17, 15) is 27.6 Å². The number of imidazole rings is 1. The van der Waals surface area contributed by atoms with Crippen molar-refractivity contribution in [2.75, 3.05) is 24.5 Å². The van der Waals surface area contributed by atoms with Crippen LogP contribution in [0, 0.1) is 11.8 Å². The molecule has 14 heteroatoms. The maximum Gasteiger partial charge on any atom is 0.490 e. The summed E-state index contributed by atoms with van der Waals surface area (Å²) in [4.78, 5) is 43.8. The summed E-state index contributed by atoms with van der Waals surface area (Å²) < 4.78 is 46.5. The van der Waals surface area contributed by atoms with Gasteiger partial charge in [0.2, 0.25) is 5.95 Å². The summed E-state index contributed by atoms with van der Waals surface area (Å²) in [6.45, 7) is 2.02. The van der Waals surface area contributed by atoms with Crippen LogP contribution in [0.3, 0.4) is 0 Å². The lowest BCUT2D eigenvalue weighted by molar-refractivity contribution is -0.206. The van der Waals surface area contributed by atoms with Crippen LogP contribution in [-0.2, 0) is 29.7 Å². The number of benzene rings is 1. The van der Waals surface area contributed by atoms with Gasteiger partial charge in [-0.2, -0.15) is 18.2 Å². The van der Waals surface area contributed by atoms with Crippen LogP contribution in [0.5, 0.6) is 0 Å². The SMILES string of the molecule is CC#CCn1c(N2CCNC(OC(=O)C(F)(F)F)C2)nc2c1c(=O)n(C)c(=O)n2Cc1ccc(Cl)cc1. The van der Waals surface area contributed by atoms with E-state index in [0.29, 0.717) is 5.02 Å². The Labute approximate surface area is 213 Å². The lowest BCUT2D eigenvalue weighted by Gasteiger charge is -2.33. The first kappa shape index (κ1) is 26.3. The Hall–Kier alpha value is -3.76. The zero-order valence-corrected chi connectivity index (χ0v) is 20.6. The quantitative estimate of drug-likeness (QED) is 0.387. The maximum absolute atomic E-state index is 13.2. The fourth-order valence-corrected chi connectivity index (χ4v) is 4.11. The highest BCUT2D eigenvalue weighted by atomic mass is 35.5. The molecule has 1 aliphatic heterocycles. The number of esters is 1. The van der Waals surface area contributed by atoms with E-state index >= 15 is 0 Å². The average Bonchev–Trinajstić information content (AvgIpc) is 3.24. The van der Waals surface area contributed by atoms with Gasteiger partial charge in [0.15, 0.2) is 17.4 Å². The number of ether oxygens (including phenoxy) is 1. The standard InChI is InChI=1S/C23H22ClF3N6O4/c1-3-4-10-32-17-18(29-21(32)31-11-9-28-16(13-31)37-20(35)23(25,26)27)33(22(36)30(2)19(17)34)12-14-5-7-15(24)8-6-14/h5-8,16,28H,9-13H2,1-2H3. The van der Waals surface area contributed by atoms with E-state index in [1.54, 1.807) is 36.1 Å². The van der Waals surface area contributed by atoms with Gasteiger partial charge in [0, 0.05) is 25.2 Å². The number of rotatable bonds is 5. The molecule has 196 valence electrons. The van der Waals surface area contributed by atoms with Crippen LogP contribution in [0.25, 0.3) is 11.2 Å². The summed E-state index contributed by atoms with van der Waals surface area (Å²) in [5.41, 5.74) is -0.256. The molecule has 37 heavy (non-hydrogen) atoms. The summed E-state index contributed by atoms with van der Waals surface area (Å²) in [6.07, 6.45) is -6.41. The molecule has 3 heterocycles. The molecule has 2 aromatic heterocycles. The van der Waals surface area contributed by atoms with Crippen molar-refractivity contribution in [2.24, 2.45) is 7.05 Å². The fourth-order valence-electron chi connectivity index (χ4n) is 3.98. The summed E-state index contributed by atoms with van der Waals surface area (Å²) in [5, 5.41) is 3.23. The fraction of sp³-hybridized carbons (Fsp3) is 0.391. The maximum atomic E-state index is 13.2. The molecular weight excluding hydrogens is 517 g/mol. The van der Waals surface area contributed by atoms with Crippen molar-refractivity contribution in [1.82, 2.24) is 24.0 Å². The number of carbonyl (C=O) groups is 1. The second-order valence-corrected chi connectivity index (χ2v) is 8.68. The molecule has 1 unspecified atom stereocenters. The van der Waals surface area contributed by atoms with Gasteiger partial charge < -0.3 is 9.64 Å². The van der Waals surface area contributed by atoms with Crippen molar-refractivity contribution in [3.05, 3.63) is 55.7 Å². The monoisotopic (exact) mass is 538 g/mol. The average molecular weight is 539 g/mol. The Morgan fingerprint density at radius 1 is 1.24 bits per heavy atom. The van der Waals surface area contributed by atoms with E-state index < -0.39 is 29.6 Å². The Kier molecular flexibility index (Phi) is 7.33. The first-order valence-electron chi connectivity index (χ1n) is 11.1. The number of nitrogens with zero attached hydrogens (tertiary/aromatic N) is 5. The van der Waals surface area contributed by atoms with E-state index in [0.717, 1.165) is 10.1 Å². The van der Waals surface area contributed by atoms with Crippen molar-refractivity contribution in [2.45, 2.75) is 32.4 Å². The summed E-state index contributed by atoms with van der Waals surface area (Å²) in [6, 6.07) is 6.82. The van der Waals surface area contributed by atoms with Crippen molar-refractivity contribution in [3.63, 3.8) is 0 Å². The number of aromatic nitrogens is 4. The Bertz CT molecular complexity index is 1510. The van der Waals surface area contributed by atoms with Crippen LogP contribution in [0.1, 0.15) is 12.5 Å². The van der Waals surface area contributed by atoms with Gasteiger partial charge in [0.25, 0.3) is 5.56 Å². The number of anilines is 1. The number of hydrogen-bond donors (Lipinski definition) is 1. The number of halogens is 4. The van der Waals surface area contributed by atoms with Crippen LogP contribution in [0.15, 0.2) is 33.9 Å². The largest absolute Gasteiger partial charge is 0.490 e. The van der Waals surface area contributed by atoms with Gasteiger partial charge in [-0.1, -0.05) is 29.7 Å². The molecular formula is C23H22ClF3N6O4. The first-order chi connectivity index (χ1) is 17.5. The van der Waals surface area contributed by atoms with E-state index in [4.69, 9.17) is 11.6 Å². The lowest BCUT2D eigenvalue weighted by Crippen LogP contribution is -2.54. The van der Waals surface area contributed by atoms with Gasteiger partial charge in [-0.15, -0.1) is 5.92 Å². The van der Waals surface area contributed by atoms with Crippen molar-refractivity contribution >= 4 is 34.7 Å². The number of alkyl halides is 3. The Balaban J connectivity index is 1.82. The predicted octanol–water partition coefficient (Wildman–Crippen LogP) is 1.46. The van der Waals surface area contributed by atoms with E-state index in [-0.39, 0.29) is 49.8 Å². The van der Waals surface area contributed by atoms with E-state index in [1.165, 1.54) is 16.2 Å². The molecule has 4 rings (SSSR count). The third-order valence-electron chi connectivity index (χ3n) is 5.78. The highest BCUT2D eigenvalue weighted by Gasteiger charge is 2.43. The van der Waals surface area contributed by atoms with Gasteiger partial charge in [0.1, 0.15) is 0 Å². The minimum atomic E-state index is -5.14. The minimum absolute atomic E-state index is 0.0354. The summed E-state index contributed by atoms with van der Waals surface area (Å²) >= 11 is 5.97. The molecule has 1 aromatic carbocycles. The van der Waals surface area contributed by atoms with Gasteiger partial charge in [-0.3, -0.25) is 23.8 Å². The number of carbonyl (C=O) groups excluding carboxylic acids is 1. The third kappa shape index (κ3) is 5.35. The van der Waals surface area contributed by atoms with Gasteiger partial charge in [0.05, 0.1) is 19.6 Å². The third-order valence-corrected chi connectivity index (χ3v) is 6.03.